The minimum atomic E-state index is -0.427. The topological polar surface area (TPSA) is 104 Å². The molecule has 6 rings (SSSR count). The number of likely N-dealkylation sites (N-methyl/N-ethyl adjacent to an activating group) is 2. The van der Waals surface area contributed by atoms with Gasteiger partial charge in [0.2, 0.25) is 11.8 Å². The van der Waals surface area contributed by atoms with E-state index in [9.17, 15) is 19.1 Å². The molecule has 1 aliphatic rings. The lowest BCUT2D eigenvalue weighted by Gasteiger charge is -2.32. The Balaban J connectivity index is 1.27. The standard InChI is InChI=1S/C38H39FN6O3/c1-43-17-19-45(20-18-43)25-35(47)44(2)31-14-12-30(13-15-31)41-37(36-32-16-11-29(39)23-33(32)42-38(36)48)28-10-6-9-27(21-28)24-40-34(46)22-26-7-4-3-5-8-26/h3-16,21,23,42,48H,17-20,22,24-25H2,1-2H3,(H,40,46). The highest BCUT2D eigenvalue weighted by Gasteiger charge is 2.21. The zero-order valence-electron chi connectivity index (χ0n) is 27.1. The Kier molecular flexibility index (Phi) is 9.94. The lowest BCUT2D eigenvalue weighted by molar-refractivity contribution is -0.121. The summed E-state index contributed by atoms with van der Waals surface area (Å²) < 4.78 is 14.1. The predicted molar refractivity (Wildman–Crippen MR) is 187 cm³/mol. The third-order valence-electron chi connectivity index (χ3n) is 8.68. The largest absolute Gasteiger partial charge is 0.494 e. The average Bonchev–Trinajstić information content (AvgIpc) is 3.42. The van der Waals surface area contributed by atoms with Crippen molar-refractivity contribution in [1.29, 1.82) is 0 Å². The molecule has 1 saturated heterocycles. The average molecular weight is 647 g/mol. The first-order valence-corrected chi connectivity index (χ1v) is 16.0. The molecular weight excluding hydrogens is 607 g/mol. The van der Waals surface area contributed by atoms with Gasteiger partial charge in [-0.2, -0.15) is 0 Å². The smallest absolute Gasteiger partial charge is 0.240 e. The molecule has 0 radical (unpaired) electrons. The second-order valence-electron chi connectivity index (χ2n) is 12.2. The number of fused-ring (bicyclic) bond motifs is 1. The zero-order valence-corrected chi connectivity index (χ0v) is 27.1. The molecule has 0 atom stereocenters. The van der Waals surface area contributed by atoms with E-state index in [0.717, 1.165) is 43.0 Å². The molecule has 48 heavy (non-hydrogen) atoms. The molecule has 1 fully saturated rings. The zero-order chi connectivity index (χ0) is 33.6. The second-order valence-corrected chi connectivity index (χ2v) is 12.2. The Bertz CT molecular complexity index is 1930. The highest BCUT2D eigenvalue weighted by Crippen LogP contribution is 2.32. The van der Waals surface area contributed by atoms with Crippen LogP contribution in [0.5, 0.6) is 5.88 Å². The van der Waals surface area contributed by atoms with Crippen molar-refractivity contribution in [2.75, 3.05) is 51.7 Å². The number of carbonyl (C=O) groups excluding carboxylic acids is 2. The molecule has 0 aliphatic carbocycles. The van der Waals surface area contributed by atoms with E-state index in [-0.39, 0.29) is 24.1 Å². The van der Waals surface area contributed by atoms with Crippen LogP contribution in [-0.2, 0) is 22.6 Å². The summed E-state index contributed by atoms with van der Waals surface area (Å²) in [7, 11) is 3.86. The van der Waals surface area contributed by atoms with Crippen LogP contribution in [0.3, 0.4) is 0 Å². The van der Waals surface area contributed by atoms with E-state index in [2.05, 4.69) is 27.1 Å². The number of aromatic hydroxyl groups is 1. The van der Waals surface area contributed by atoms with Gasteiger partial charge in [-0.25, -0.2) is 9.38 Å². The molecule has 246 valence electrons. The number of aromatic nitrogens is 1. The number of hydrogen-bond acceptors (Lipinski definition) is 6. The summed E-state index contributed by atoms with van der Waals surface area (Å²) in [6.07, 6.45) is 0.277. The molecule has 0 bridgehead atoms. The number of aromatic amines is 1. The highest BCUT2D eigenvalue weighted by molar-refractivity contribution is 6.22. The van der Waals surface area contributed by atoms with E-state index >= 15 is 0 Å². The number of benzene rings is 4. The van der Waals surface area contributed by atoms with Crippen LogP contribution in [-0.4, -0.2) is 84.2 Å². The quantitative estimate of drug-likeness (QED) is 0.180. The molecule has 1 aromatic heterocycles. The monoisotopic (exact) mass is 646 g/mol. The number of aliphatic imine (C=N–C) groups is 1. The SMILES string of the molecule is CN1CCN(CC(=O)N(C)c2ccc(N=C(c3cccc(CNC(=O)Cc4ccccc4)c3)c3c(O)[nH]c4cc(F)ccc34)cc2)CC1. The number of anilines is 1. The van der Waals surface area contributed by atoms with E-state index < -0.39 is 5.82 Å². The molecule has 0 spiro atoms. The van der Waals surface area contributed by atoms with Crippen LogP contribution >= 0.6 is 0 Å². The van der Waals surface area contributed by atoms with Gasteiger partial charge in [0.25, 0.3) is 0 Å². The van der Waals surface area contributed by atoms with Crippen molar-refractivity contribution < 1.29 is 19.1 Å². The number of amides is 2. The maximum atomic E-state index is 14.1. The van der Waals surface area contributed by atoms with Gasteiger partial charge in [0.05, 0.1) is 35.4 Å². The van der Waals surface area contributed by atoms with Crippen molar-refractivity contribution in [3.63, 3.8) is 0 Å². The van der Waals surface area contributed by atoms with Crippen LogP contribution in [0.4, 0.5) is 15.8 Å². The number of piperazine rings is 1. The Labute approximate surface area is 279 Å². The lowest BCUT2D eigenvalue weighted by Crippen LogP contribution is -2.48. The maximum Gasteiger partial charge on any atom is 0.240 e. The third-order valence-corrected chi connectivity index (χ3v) is 8.68. The van der Waals surface area contributed by atoms with Crippen LogP contribution in [0.15, 0.2) is 102 Å². The van der Waals surface area contributed by atoms with Crippen molar-refractivity contribution in [2.45, 2.75) is 13.0 Å². The van der Waals surface area contributed by atoms with Gasteiger partial charge in [-0.15, -0.1) is 0 Å². The van der Waals surface area contributed by atoms with Gasteiger partial charge in [-0.05, 0) is 66.7 Å². The van der Waals surface area contributed by atoms with Crippen molar-refractivity contribution in [2.24, 2.45) is 4.99 Å². The first kappa shape index (κ1) is 32.6. The summed E-state index contributed by atoms with van der Waals surface area (Å²) in [4.78, 5) is 39.7. The number of carbonyl (C=O) groups is 2. The first-order valence-electron chi connectivity index (χ1n) is 16.0. The number of hydrogen-bond donors (Lipinski definition) is 3. The summed E-state index contributed by atoms with van der Waals surface area (Å²) >= 11 is 0. The fraction of sp³-hybridized carbons (Fsp3) is 0.237. The summed E-state index contributed by atoms with van der Waals surface area (Å²) in [5.74, 6) is -0.644. The molecule has 1 aliphatic heterocycles. The summed E-state index contributed by atoms with van der Waals surface area (Å²) in [6, 6.07) is 28.8. The molecule has 2 heterocycles. The van der Waals surface area contributed by atoms with Gasteiger partial charge in [0.15, 0.2) is 5.88 Å². The third kappa shape index (κ3) is 7.79. The van der Waals surface area contributed by atoms with Gasteiger partial charge < -0.3 is 25.2 Å². The molecule has 2 amide bonds. The van der Waals surface area contributed by atoms with Crippen LogP contribution < -0.4 is 10.2 Å². The maximum absolute atomic E-state index is 14.1. The molecule has 5 aromatic rings. The molecule has 0 unspecified atom stereocenters. The molecule has 10 heteroatoms. The van der Waals surface area contributed by atoms with Crippen molar-refractivity contribution in [1.82, 2.24) is 20.1 Å². The fourth-order valence-corrected chi connectivity index (χ4v) is 5.86. The van der Waals surface area contributed by atoms with Crippen molar-refractivity contribution in [3.8, 4) is 5.88 Å². The van der Waals surface area contributed by atoms with E-state index in [1.54, 1.807) is 18.0 Å². The van der Waals surface area contributed by atoms with E-state index in [1.807, 2.05) is 78.9 Å². The Morgan fingerprint density at radius 1 is 0.917 bits per heavy atom. The van der Waals surface area contributed by atoms with Crippen LogP contribution in [0.2, 0.25) is 0 Å². The normalized spacial score (nSPS) is 14.3. The Hall–Kier alpha value is -5.32. The number of H-pyrrole nitrogens is 1. The fourth-order valence-electron chi connectivity index (χ4n) is 5.86. The predicted octanol–water partition coefficient (Wildman–Crippen LogP) is 5.25. The van der Waals surface area contributed by atoms with Crippen LogP contribution in [0.25, 0.3) is 10.9 Å². The van der Waals surface area contributed by atoms with Gasteiger partial charge >= 0.3 is 0 Å². The molecule has 0 saturated carbocycles. The molecular formula is C38H39FN6O3. The molecule has 3 N–H and O–H groups in total. The summed E-state index contributed by atoms with van der Waals surface area (Å²) in [5.41, 5.74) is 5.17. The Morgan fingerprint density at radius 2 is 1.65 bits per heavy atom. The van der Waals surface area contributed by atoms with E-state index in [4.69, 9.17) is 4.99 Å². The van der Waals surface area contributed by atoms with Gasteiger partial charge in [0.1, 0.15) is 5.82 Å². The Morgan fingerprint density at radius 3 is 2.40 bits per heavy atom. The minimum Gasteiger partial charge on any atom is -0.494 e. The van der Waals surface area contributed by atoms with Crippen LogP contribution in [0, 0.1) is 5.82 Å². The van der Waals surface area contributed by atoms with E-state index in [1.165, 1.54) is 12.1 Å². The summed E-state index contributed by atoms with van der Waals surface area (Å²) in [6.45, 7) is 4.28. The number of halogens is 1. The highest BCUT2D eigenvalue weighted by atomic mass is 19.1. The van der Waals surface area contributed by atoms with Crippen LogP contribution in [0.1, 0.15) is 22.3 Å². The van der Waals surface area contributed by atoms with Gasteiger partial charge in [-0.1, -0.05) is 48.5 Å². The molecule has 9 nitrogen and oxygen atoms in total. The minimum absolute atomic E-state index is 0.0140. The molecule has 4 aromatic carbocycles. The van der Waals surface area contributed by atoms with Gasteiger partial charge in [-0.3, -0.25) is 14.5 Å². The van der Waals surface area contributed by atoms with Gasteiger partial charge in [0, 0.05) is 56.4 Å². The van der Waals surface area contributed by atoms with Crippen molar-refractivity contribution >= 4 is 39.8 Å². The lowest BCUT2D eigenvalue weighted by atomic mass is 9.99. The van der Waals surface area contributed by atoms with Crippen molar-refractivity contribution in [3.05, 3.63) is 125 Å². The number of rotatable bonds is 10. The number of nitrogens with one attached hydrogen (secondary N) is 2. The number of nitrogens with zero attached hydrogens (tertiary/aromatic N) is 4. The second kappa shape index (κ2) is 14.6. The first-order chi connectivity index (χ1) is 23.2. The summed E-state index contributed by atoms with van der Waals surface area (Å²) in [5, 5.41) is 14.7. The van der Waals surface area contributed by atoms with E-state index in [0.29, 0.717) is 46.5 Å².